The summed E-state index contributed by atoms with van der Waals surface area (Å²) in [7, 11) is 0. The van der Waals surface area contributed by atoms with Crippen LogP contribution in [-0.2, 0) is 4.74 Å². The average molecular weight is 184 g/mol. The molecular formula is C9H16N2O2. The lowest BCUT2D eigenvalue weighted by Crippen LogP contribution is -2.42. The average Bonchev–Trinajstić information content (AvgIpc) is 1.96. The first-order valence-electron chi connectivity index (χ1n) is 4.04. The van der Waals surface area contributed by atoms with E-state index in [0.29, 0.717) is 0 Å². The molecule has 0 aliphatic heterocycles. The van der Waals surface area contributed by atoms with Crippen molar-refractivity contribution < 1.29 is 9.53 Å². The zero-order chi connectivity index (χ0) is 10.5. The van der Waals surface area contributed by atoms with Crippen LogP contribution in [0.5, 0.6) is 0 Å². The van der Waals surface area contributed by atoms with Gasteiger partial charge < -0.3 is 15.8 Å². The molecule has 0 spiro atoms. The maximum atomic E-state index is 11.1. The molecule has 0 fully saturated rings. The molecule has 0 saturated carbocycles. The van der Waals surface area contributed by atoms with Gasteiger partial charge in [-0.25, -0.2) is 4.79 Å². The molecule has 0 aliphatic carbocycles. The number of amides is 1. The Morgan fingerprint density at radius 3 is 2.54 bits per heavy atom. The van der Waals surface area contributed by atoms with Gasteiger partial charge in [-0.05, 0) is 20.8 Å². The second kappa shape index (κ2) is 4.73. The molecule has 13 heavy (non-hydrogen) atoms. The minimum Gasteiger partial charge on any atom is -0.444 e. The van der Waals surface area contributed by atoms with Gasteiger partial charge in [-0.3, -0.25) is 0 Å². The molecule has 1 atom stereocenters. The van der Waals surface area contributed by atoms with Crippen molar-refractivity contribution in [2.45, 2.75) is 32.4 Å². The lowest BCUT2D eigenvalue weighted by Gasteiger charge is -2.21. The third-order valence-electron chi connectivity index (χ3n) is 1.13. The van der Waals surface area contributed by atoms with Crippen molar-refractivity contribution in [3.8, 4) is 12.3 Å². The van der Waals surface area contributed by atoms with E-state index in [-0.39, 0.29) is 6.54 Å². The number of hydrogen-bond acceptors (Lipinski definition) is 3. The molecule has 74 valence electrons. The monoisotopic (exact) mass is 184 g/mol. The summed E-state index contributed by atoms with van der Waals surface area (Å²) in [5.74, 6) is 2.33. The lowest BCUT2D eigenvalue weighted by atomic mass is 10.2. The fourth-order valence-electron chi connectivity index (χ4n) is 0.618. The minimum atomic E-state index is -0.541. The third-order valence-corrected chi connectivity index (χ3v) is 1.13. The predicted molar refractivity (Wildman–Crippen MR) is 51.0 cm³/mol. The number of alkyl carbamates (subject to hydrolysis) is 1. The molecule has 1 amide bonds. The van der Waals surface area contributed by atoms with E-state index in [1.165, 1.54) is 0 Å². The largest absolute Gasteiger partial charge is 0.444 e. The highest BCUT2D eigenvalue weighted by atomic mass is 16.6. The van der Waals surface area contributed by atoms with Crippen molar-refractivity contribution in [3.05, 3.63) is 0 Å². The summed E-state index contributed by atoms with van der Waals surface area (Å²) >= 11 is 0. The fourth-order valence-corrected chi connectivity index (χ4v) is 0.618. The standard InChI is InChI=1S/C9H16N2O2/c1-5-7(6-10)11-8(12)13-9(2,3)4/h1,7H,6,10H2,2-4H3,(H,11,12)/t7-/m1/s1. The molecule has 0 heterocycles. The second-order valence-corrected chi connectivity index (χ2v) is 3.60. The van der Waals surface area contributed by atoms with E-state index < -0.39 is 17.7 Å². The maximum absolute atomic E-state index is 11.1. The molecule has 3 N–H and O–H groups in total. The molecular weight excluding hydrogens is 168 g/mol. The minimum absolute atomic E-state index is 0.204. The Bertz CT molecular complexity index is 213. The molecule has 0 bridgehead atoms. The SMILES string of the molecule is C#C[C@H](CN)NC(=O)OC(C)(C)C. The van der Waals surface area contributed by atoms with E-state index >= 15 is 0 Å². The Kier molecular flexibility index (Phi) is 4.29. The van der Waals surface area contributed by atoms with Crippen LogP contribution in [0.2, 0.25) is 0 Å². The van der Waals surface area contributed by atoms with Crippen LogP contribution in [0.1, 0.15) is 20.8 Å². The number of ether oxygens (including phenoxy) is 1. The molecule has 0 unspecified atom stereocenters. The van der Waals surface area contributed by atoms with Gasteiger partial charge in [0, 0.05) is 6.54 Å². The predicted octanol–water partition coefficient (Wildman–Crippen LogP) is 0.472. The maximum Gasteiger partial charge on any atom is 0.408 e. The first-order valence-corrected chi connectivity index (χ1v) is 4.04. The Balaban J connectivity index is 3.96. The van der Waals surface area contributed by atoms with Gasteiger partial charge in [-0.2, -0.15) is 0 Å². The number of carbonyl (C=O) groups is 1. The zero-order valence-corrected chi connectivity index (χ0v) is 8.26. The van der Waals surface area contributed by atoms with E-state index in [0.717, 1.165) is 0 Å². The number of carbonyl (C=O) groups excluding carboxylic acids is 1. The van der Waals surface area contributed by atoms with Crippen molar-refractivity contribution in [2.24, 2.45) is 5.73 Å². The Morgan fingerprint density at radius 2 is 2.23 bits per heavy atom. The van der Waals surface area contributed by atoms with Crippen LogP contribution in [0.4, 0.5) is 4.79 Å². The van der Waals surface area contributed by atoms with Crippen LogP contribution in [0.15, 0.2) is 0 Å². The van der Waals surface area contributed by atoms with Gasteiger partial charge in [0.15, 0.2) is 0 Å². The van der Waals surface area contributed by atoms with E-state index in [1.807, 2.05) is 0 Å². The molecule has 0 radical (unpaired) electrons. The van der Waals surface area contributed by atoms with E-state index in [9.17, 15) is 4.79 Å². The fraction of sp³-hybridized carbons (Fsp3) is 0.667. The molecule has 0 rings (SSSR count). The normalized spacial score (nSPS) is 12.8. The summed E-state index contributed by atoms with van der Waals surface area (Å²) in [6.07, 6.45) is 4.55. The highest BCUT2D eigenvalue weighted by molar-refractivity contribution is 5.68. The number of terminal acetylenes is 1. The van der Waals surface area contributed by atoms with Gasteiger partial charge in [-0.1, -0.05) is 5.92 Å². The summed E-state index contributed by atoms with van der Waals surface area (Å²) in [6.45, 7) is 5.54. The molecule has 0 aliphatic rings. The van der Waals surface area contributed by atoms with E-state index in [4.69, 9.17) is 16.9 Å². The Hall–Kier alpha value is -1.21. The molecule has 0 saturated heterocycles. The summed E-state index contributed by atoms with van der Waals surface area (Å²) in [4.78, 5) is 11.1. The summed E-state index contributed by atoms with van der Waals surface area (Å²) in [5.41, 5.74) is 4.77. The van der Waals surface area contributed by atoms with Crippen molar-refractivity contribution >= 4 is 6.09 Å². The summed E-state index contributed by atoms with van der Waals surface area (Å²) < 4.78 is 4.97. The highest BCUT2D eigenvalue weighted by Gasteiger charge is 2.17. The van der Waals surface area contributed by atoms with Crippen LogP contribution in [-0.4, -0.2) is 24.3 Å². The van der Waals surface area contributed by atoms with Gasteiger partial charge in [0.2, 0.25) is 0 Å². The van der Waals surface area contributed by atoms with E-state index in [2.05, 4.69) is 11.2 Å². The van der Waals surface area contributed by atoms with E-state index in [1.54, 1.807) is 20.8 Å². The van der Waals surface area contributed by atoms with Gasteiger partial charge in [0.25, 0.3) is 0 Å². The van der Waals surface area contributed by atoms with Gasteiger partial charge in [0.1, 0.15) is 11.6 Å². The molecule has 0 aromatic rings. The Morgan fingerprint density at radius 1 is 1.69 bits per heavy atom. The quantitative estimate of drug-likeness (QED) is 0.613. The van der Waals surface area contributed by atoms with Crippen LogP contribution in [0, 0.1) is 12.3 Å². The van der Waals surface area contributed by atoms with Crippen molar-refractivity contribution in [3.63, 3.8) is 0 Å². The van der Waals surface area contributed by atoms with Gasteiger partial charge in [-0.15, -0.1) is 6.42 Å². The van der Waals surface area contributed by atoms with Crippen molar-refractivity contribution in [2.75, 3.05) is 6.54 Å². The van der Waals surface area contributed by atoms with Crippen LogP contribution in [0.25, 0.3) is 0 Å². The van der Waals surface area contributed by atoms with Crippen molar-refractivity contribution in [1.29, 1.82) is 0 Å². The molecule has 0 aromatic carbocycles. The summed E-state index contributed by atoms with van der Waals surface area (Å²) in [5, 5.41) is 2.45. The van der Waals surface area contributed by atoms with Crippen LogP contribution < -0.4 is 11.1 Å². The molecule has 4 heteroatoms. The number of rotatable bonds is 2. The number of nitrogens with one attached hydrogen (secondary N) is 1. The highest BCUT2D eigenvalue weighted by Crippen LogP contribution is 2.06. The van der Waals surface area contributed by atoms with Gasteiger partial charge in [0.05, 0.1) is 0 Å². The van der Waals surface area contributed by atoms with Gasteiger partial charge >= 0.3 is 6.09 Å². The third kappa shape index (κ3) is 6.00. The first-order chi connectivity index (χ1) is 5.89. The van der Waals surface area contributed by atoms with Crippen LogP contribution >= 0.6 is 0 Å². The molecule has 4 nitrogen and oxygen atoms in total. The summed E-state index contributed by atoms with van der Waals surface area (Å²) in [6, 6.07) is -0.463. The number of nitrogens with two attached hydrogens (primary N) is 1. The Labute approximate surface area is 78.8 Å². The lowest BCUT2D eigenvalue weighted by molar-refractivity contribution is 0.0517. The van der Waals surface area contributed by atoms with Crippen LogP contribution in [0.3, 0.4) is 0 Å². The van der Waals surface area contributed by atoms with Crippen molar-refractivity contribution in [1.82, 2.24) is 5.32 Å². The zero-order valence-electron chi connectivity index (χ0n) is 8.26. The number of hydrogen-bond donors (Lipinski definition) is 2. The molecule has 0 aromatic heterocycles. The first kappa shape index (κ1) is 11.8. The topological polar surface area (TPSA) is 64.3 Å². The second-order valence-electron chi connectivity index (χ2n) is 3.60. The smallest absolute Gasteiger partial charge is 0.408 e.